The van der Waals surface area contributed by atoms with Gasteiger partial charge in [0.05, 0.1) is 5.69 Å². The number of urea groups is 1. The smallest absolute Gasteiger partial charge is 0.340 e. The number of nitrogens with one attached hydrogen (secondary N) is 2. The van der Waals surface area contributed by atoms with Gasteiger partial charge in [0.2, 0.25) is 0 Å². The molecule has 21 heavy (non-hydrogen) atoms. The quantitative estimate of drug-likeness (QED) is 0.799. The SMILES string of the molecule is CSC1CCCC1NC(=O)Nc1cccc(F)c1C(=O)O. The molecule has 0 radical (unpaired) electrons. The number of benzene rings is 1. The van der Waals surface area contributed by atoms with Crippen molar-refractivity contribution in [3.63, 3.8) is 0 Å². The number of hydrogen-bond acceptors (Lipinski definition) is 3. The van der Waals surface area contributed by atoms with Crippen LogP contribution < -0.4 is 10.6 Å². The molecular weight excluding hydrogens is 295 g/mol. The van der Waals surface area contributed by atoms with Crippen LogP contribution in [0.1, 0.15) is 29.6 Å². The third kappa shape index (κ3) is 3.66. The second-order valence-electron chi connectivity index (χ2n) is 4.88. The van der Waals surface area contributed by atoms with Gasteiger partial charge in [-0.2, -0.15) is 11.8 Å². The van der Waals surface area contributed by atoms with Crippen molar-refractivity contribution < 1.29 is 19.1 Å². The van der Waals surface area contributed by atoms with Crippen molar-refractivity contribution in [3.8, 4) is 0 Å². The second kappa shape index (κ2) is 6.80. The number of carbonyl (C=O) groups excluding carboxylic acids is 1. The van der Waals surface area contributed by atoms with Crippen LogP contribution in [0.3, 0.4) is 0 Å². The maximum atomic E-state index is 13.5. The molecule has 0 aromatic heterocycles. The number of carboxylic acid groups (broad SMARTS) is 1. The first kappa shape index (κ1) is 15.6. The number of carboxylic acids is 1. The molecule has 1 aliphatic rings. The lowest BCUT2D eigenvalue weighted by molar-refractivity contribution is 0.0693. The molecule has 0 saturated heterocycles. The number of amides is 2. The van der Waals surface area contributed by atoms with Crippen LogP contribution in [0.4, 0.5) is 14.9 Å². The average Bonchev–Trinajstić information content (AvgIpc) is 2.85. The van der Waals surface area contributed by atoms with Crippen LogP contribution in [0.15, 0.2) is 18.2 Å². The fraction of sp³-hybridized carbons (Fsp3) is 0.429. The standard InChI is InChI=1S/C14H17FN2O3S/c1-21-11-7-3-5-9(11)16-14(20)17-10-6-2-4-8(15)12(10)13(18)19/h2,4,6,9,11H,3,5,7H2,1H3,(H,18,19)(H2,16,17,20). The minimum absolute atomic E-state index is 0.0429. The number of thioether (sulfide) groups is 1. The lowest BCUT2D eigenvalue weighted by Crippen LogP contribution is -2.41. The molecule has 1 aromatic rings. The molecule has 2 amide bonds. The first-order valence-electron chi connectivity index (χ1n) is 6.65. The number of carbonyl (C=O) groups is 2. The van der Waals surface area contributed by atoms with Crippen molar-refractivity contribution in [2.24, 2.45) is 0 Å². The average molecular weight is 312 g/mol. The van der Waals surface area contributed by atoms with E-state index in [9.17, 15) is 14.0 Å². The lowest BCUT2D eigenvalue weighted by atomic mass is 10.1. The van der Waals surface area contributed by atoms with Gasteiger partial charge >= 0.3 is 12.0 Å². The van der Waals surface area contributed by atoms with Gasteiger partial charge in [-0.15, -0.1) is 0 Å². The predicted molar refractivity (Wildman–Crippen MR) is 80.5 cm³/mol. The Kier molecular flexibility index (Phi) is 5.06. The predicted octanol–water partition coefficient (Wildman–Crippen LogP) is 2.93. The van der Waals surface area contributed by atoms with Crippen molar-refractivity contribution in [1.82, 2.24) is 5.32 Å². The topological polar surface area (TPSA) is 78.4 Å². The minimum atomic E-state index is -1.41. The molecule has 1 aromatic carbocycles. The lowest BCUT2D eigenvalue weighted by Gasteiger charge is -2.19. The Balaban J connectivity index is 2.06. The van der Waals surface area contributed by atoms with E-state index in [0.717, 1.165) is 25.3 Å². The Labute approximate surface area is 126 Å². The highest BCUT2D eigenvalue weighted by atomic mass is 32.2. The zero-order chi connectivity index (χ0) is 15.4. The Hall–Kier alpha value is -1.76. The van der Waals surface area contributed by atoms with E-state index in [1.54, 1.807) is 11.8 Å². The number of aromatic carboxylic acids is 1. The molecule has 1 aliphatic carbocycles. The molecule has 0 heterocycles. The summed E-state index contributed by atoms with van der Waals surface area (Å²) in [7, 11) is 0. The highest BCUT2D eigenvalue weighted by Crippen LogP contribution is 2.28. The molecule has 5 nitrogen and oxygen atoms in total. The van der Waals surface area contributed by atoms with E-state index in [4.69, 9.17) is 5.11 Å². The van der Waals surface area contributed by atoms with Crippen LogP contribution in [-0.4, -0.2) is 34.7 Å². The molecule has 0 spiro atoms. The number of anilines is 1. The van der Waals surface area contributed by atoms with Gasteiger partial charge in [-0.25, -0.2) is 14.0 Å². The van der Waals surface area contributed by atoms with E-state index in [2.05, 4.69) is 10.6 Å². The van der Waals surface area contributed by atoms with E-state index < -0.39 is 23.4 Å². The van der Waals surface area contributed by atoms with Crippen LogP contribution in [-0.2, 0) is 0 Å². The zero-order valence-corrected chi connectivity index (χ0v) is 12.4. The van der Waals surface area contributed by atoms with Crippen LogP contribution >= 0.6 is 11.8 Å². The van der Waals surface area contributed by atoms with Crippen LogP contribution in [0, 0.1) is 5.82 Å². The third-order valence-corrected chi connectivity index (χ3v) is 4.72. The van der Waals surface area contributed by atoms with Crippen LogP contribution in [0.25, 0.3) is 0 Å². The van der Waals surface area contributed by atoms with Gasteiger partial charge in [-0.3, -0.25) is 0 Å². The molecule has 0 aliphatic heterocycles. The van der Waals surface area contributed by atoms with E-state index in [1.807, 2.05) is 6.26 Å². The van der Waals surface area contributed by atoms with Crippen molar-refractivity contribution in [2.45, 2.75) is 30.6 Å². The van der Waals surface area contributed by atoms with Crippen molar-refractivity contribution in [3.05, 3.63) is 29.6 Å². The zero-order valence-electron chi connectivity index (χ0n) is 11.6. The monoisotopic (exact) mass is 312 g/mol. The van der Waals surface area contributed by atoms with E-state index in [0.29, 0.717) is 5.25 Å². The van der Waals surface area contributed by atoms with E-state index >= 15 is 0 Å². The fourth-order valence-corrected chi connectivity index (χ4v) is 3.48. The summed E-state index contributed by atoms with van der Waals surface area (Å²) in [5.41, 5.74) is -0.570. The summed E-state index contributed by atoms with van der Waals surface area (Å²) < 4.78 is 13.5. The molecule has 0 bridgehead atoms. The Morgan fingerprint density at radius 1 is 1.38 bits per heavy atom. The van der Waals surface area contributed by atoms with Gasteiger partial charge in [0.25, 0.3) is 0 Å². The summed E-state index contributed by atoms with van der Waals surface area (Å²) >= 11 is 1.70. The first-order chi connectivity index (χ1) is 10.0. The maximum absolute atomic E-state index is 13.5. The third-order valence-electron chi connectivity index (χ3n) is 3.55. The summed E-state index contributed by atoms with van der Waals surface area (Å²) in [5.74, 6) is -2.28. The summed E-state index contributed by atoms with van der Waals surface area (Å²) in [6.07, 6.45) is 4.99. The molecule has 1 fully saturated rings. The van der Waals surface area contributed by atoms with Gasteiger partial charge < -0.3 is 15.7 Å². The van der Waals surface area contributed by atoms with Gasteiger partial charge in [-0.1, -0.05) is 12.5 Å². The van der Waals surface area contributed by atoms with Crippen molar-refractivity contribution in [2.75, 3.05) is 11.6 Å². The molecule has 2 unspecified atom stereocenters. The summed E-state index contributed by atoms with van der Waals surface area (Å²) in [4.78, 5) is 23.0. The highest BCUT2D eigenvalue weighted by molar-refractivity contribution is 7.99. The molecule has 1 saturated carbocycles. The molecule has 7 heteroatoms. The largest absolute Gasteiger partial charge is 0.478 e. The molecule has 2 rings (SSSR count). The highest BCUT2D eigenvalue weighted by Gasteiger charge is 2.28. The van der Waals surface area contributed by atoms with E-state index in [1.165, 1.54) is 12.1 Å². The summed E-state index contributed by atoms with van der Waals surface area (Å²) in [5, 5.41) is 14.6. The van der Waals surface area contributed by atoms with Crippen LogP contribution in [0.2, 0.25) is 0 Å². The van der Waals surface area contributed by atoms with Crippen molar-refractivity contribution >= 4 is 29.4 Å². The minimum Gasteiger partial charge on any atom is -0.478 e. The fourth-order valence-electron chi connectivity index (χ4n) is 2.55. The normalized spacial score (nSPS) is 21.0. The van der Waals surface area contributed by atoms with E-state index in [-0.39, 0.29) is 11.7 Å². The summed E-state index contributed by atoms with van der Waals surface area (Å²) in [6, 6.07) is 3.33. The molecule has 3 N–H and O–H groups in total. The Bertz CT molecular complexity index is 553. The Morgan fingerprint density at radius 3 is 2.81 bits per heavy atom. The van der Waals surface area contributed by atoms with Gasteiger partial charge in [0, 0.05) is 11.3 Å². The number of halogens is 1. The summed E-state index contributed by atoms with van der Waals surface area (Å²) in [6.45, 7) is 0. The maximum Gasteiger partial charge on any atom is 0.340 e. The molecule has 2 atom stereocenters. The number of hydrogen-bond donors (Lipinski definition) is 3. The Morgan fingerprint density at radius 2 is 2.14 bits per heavy atom. The van der Waals surface area contributed by atoms with Gasteiger partial charge in [-0.05, 0) is 31.2 Å². The van der Waals surface area contributed by atoms with Gasteiger partial charge in [0.1, 0.15) is 11.4 Å². The molecular formula is C14H17FN2O3S. The second-order valence-corrected chi connectivity index (χ2v) is 5.95. The number of rotatable bonds is 4. The van der Waals surface area contributed by atoms with Crippen LogP contribution in [0.5, 0.6) is 0 Å². The molecule has 114 valence electrons. The van der Waals surface area contributed by atoms with Crippen molar-refractivity contribution in [1.29, 1.82) is 0 Å². The van der Waals surface area contributed by atoms with Gasteiger partial charge in [0.15, 0.2) is 0 Å². The first-order valence-corrected chi connectivity index (χ1v) is 7.94.